The lowest BCUT2D eigenvalue weighted by atomic mass is 10.1. The second-order valence-electron chi connectivity index (χ2n) is 11.3. The fraction of sp³-hybridized carbons (Fsp3) is 0.171. The summed E-state index contributed by atoms with van der Waals surface area (Å²) in [6.45, 7) is 2.71. The molecule has 0 unspecified atom stereocenters. The average molecular weight is 653 g/mol. The number of para-hydroxylation sites is 2. The fourth-order valence-electron chi connectivity index (χ4n) is 6.00. The number of thiophene rings is 1. The van der Waals surface area contributed by atoms with Crippen LogP contribution in [0.25, 0.3) is 10.4 Å². The number of anilines is 3. The number of pyridine rings is 1. The third-order valence-corrected chi connectivity index (χ3v) is 11.4. The van der Waals surface area contributed by atoms with E-state index in [1.165, 1.54) is 17.4 Å². The van der Waals surface area contributed by atoms with E-state index in [1.54, 1.807) is 54.3 Å². The zero-order valence-electron chi connectivity index (χ0n) is 24.9. The first-order valence-corrected chi connectivity index (χ1v) is 17.3. The highest BCUT2D eigenvalue weighted by molar-refractivity contribution is 7.91. The molecule has 5 aromatic rings. The number of halogens is 1. The number of fused-ring (bicyclic) bond motifs is 4. The number of sulfone groups is 1. The summed E-state index contributed by atoms with van der Waals surface area (Å²) in [5, 5.41) is 2.72. The minimum atomic E-state index is -3.43. The Hall–Kier alpha value is -4.87. The smallest absolute Gasteiger partial charge is 0.276 e. The van der Waals surface area contributed by atoms with Crippen LogP contribution in [-0.4, -0.2) is 44.1 Å². The first-order valence-electron chi connectivity index (χ1n) is 14.8. The zero-order chi connectivity index (χ0) is 32.0. The Morgan fingerprint density at radius 1 is 0.913 bits per heavy atom. The van der Waals surface area contributed by atoms with E-state index in [0.717, 1.165) is 16.0 Å². The number of aromatic nitrogens is 1. The molecule has 7 rings (SSSR count). The normalized spacial score (nSPS) is 15.2. The molecule has 0 saturated carbocycles. The number of carbonyl (C=O) groups is 2. The molecule has 1 N–H and O–H groups in total. The Labute approximate surface area is 270 Å². The predicted molar refractivity (Wildman–Crippen MR) is 178 cm³/mol. The van der Waals surface area contributed by atoms with Crippen molar-refractivity contribution < 1.29 is 22.4 Å². The molecule has 8 nitrogen and oxygen atoms in total. The van der Waals surface area contributed by atoms with Gasteiger partial charge in [-0.3, -0.25) is 9.59 Å². The number of rotatable bonds is 4. The van der Waals surface area contributed by atoms with Crippen LogP contribution in [0.4, 0.5) is 21.6 Å². The van der Waals surface area contributed by atoms with Crippen molar-refractivity contribution in [3.05, 3.63) is 124 Å². The van der Waals surface area contributed by atoms with Gasteiger partial charge in [0.25, 0.3) is 11.8 Å². The van der Waals surface area contributed by atoms with Crippen LogP contribution < -0.4 is 15.1 Å². The predicted octanol–water partition coefficient (Wildman–Crippen LogP) is 6.51. The fourth-order valence-corrected chi connectivity index (χ4v) is 8.64. The summed E-state index contributed by atoms with van der Waals surface area (Å²) in [6.07, 6.45) is 0.499. The van der Waals surface area contributed by atoms with E-state index in [1.807, 2.05) is 47.4 Å². The van der Waals surface area contributed by atoms with Crippen molar-refractivity contribution in [3.8, 4) is 10.4 Å². The van der Waals surface area contributed by atoms with Crippen molar-refractivity contribution in [2.75, 3.05) is 34.0 Å². The maximum Gasteiger partial charge on any atom is 0.276 e. The molecule has 2 amide bonds. The first-order chi connectivity index (χ1) is 22.2. The Morgan fingerprint density at radius 2 is 1.70 bits per heavy atom. The molecule has 3 aromatic carbocycles. The molecular weight excluding hydrogens is 624 g/mol. The van der Waals surface area contributed by atoms with Crippen molar-refractivity contribution in [1.29, 1.82) is 0 Å². The Balaban J connectivity index is 1.17. The van der Waals surface area contributed by atoms with Crippen molar-refractivity contribution in [1.82, 2.24) is 4.98 Å². The SMILES string of the molecule is Cc1cccc(F)c1NC(=O)c1cc2c(s1)-c1ccccc1N(C(=O)c1cccc(N3CCS(=O)(=O)c4ccccc4C3)n1)CC2. The van der Waals surface area contributed by atoms with Gasteiger partial charge in [0.2, 0.25) is 0 Å². The third-order valence-electron chi connectivity index (χ3n) is 8.36. The molecule has 0 spiro atoms. The number of hydrogen-bond acceptors (Lipinski definition) is 7. The van der Waals surface area contributed by atoms with Crippen molar-refractivity contribution >= 4 is 50.2 Å². The molecule has 0 aliphatic carbocycles. The van der Waals surface area contributed by atoms with Crippen molar-refractivity contribution in [2.45, 2.75) is 24.8 Å². The molecule has 11 heteroatoms. The van der Waals surface area contributed by atoms with E-state index < -0.39 is 15.7 Å². The summed E-state index contributed by atoms with van der Waals surface area (Å²) >= 11 is 1.31. The van der Waals surface area contributed by atoms with Gasteiger partial charge < -0.3 is 15.1 Å². The monoisotopic (exact) mass is 652 g/mol. The second-order valence-corrected chi connectivity index (χ2v) is 14.4. The van der Waals surface area contributed by atoms with Gasteiger partial charge in [-0.2, -0.15) is 0 Å². The summed E-state index contributed by atoms with van der Waals surface area (Å²) in [5.74, 6) is -0.678. The van der Waals surface area contributed by atoms with Crippen LogP contribution in [0.5, 0.6) is 0 Å². The van der Waals surface area contributed by atoms with E-state index >= 15 is 0 Å². The molecule has 0 fully saturated rings. The number of amides is 2. The zero-order valence-corrected chi connectivity index (χ0v) is 26.5. The van der Waals surface area contributed by atoms with Gasteiger partial charge in [-0.25, -0.2) is 17.8 Å². The number of nitrogens with zero attached hydrogens (tertiary/aromatic N) is 3. The van der Waals surface area contributed by atoms with Crippen LogP contribution >= 0.6 is 11.3 Å². The quantitative estimate of drug-likeness (QED) is 0.238. The molecule has 0 radical (unpaired) electrons. The molecule has 4 heterocycles. The second kappa shape index (κ2) is 11.8. The van der Waals surface area contributed by atoms with E-state index in [9.17, 15) is 22.4 Å². The summed E-state index contributed by atoms with van der Waals surface area (Å²) in [6, 6.07) is 26.3. The lowest BCUT2D eigenvalue weighted by molar-refractivity contribution is 0.0981. The van der Waals surface area contributed by atoms with Crippen molar-refractivity contribution in [3.63, 3.8) is 0 Å². The summed E-state index contributed by atoms with van der Waals surface area (Å²) < 4.78 is 40.2. The Kier molecular flexibility index (Phi) is 7.66. The number of benzene rings is 3. The van der Waals surface area contributed by atoms with Crippen LogP contribution in [-0.2, 0) is 22.8 Å². The minimum absolute atomic E-state index is 0.0499. The van der Waals surface area contributed by atoms with Gasteiger partial charge in [-0.15, -0.1) is 11.3 Å². The molecule has 232 valence electrons. The highest BCUT2D eigenvalue weighted by atomic mass is 32.2. The molecule has 2 aliphatic rings. The average Bonchev–Trinajstić information content (AvgIpc) is 3.36. The van der Waals surface area contributed by atoms with E-state index in [4.69, 9.17) is 4.98 Å². The highest BCUT2D eigenvalue weighted by Crippen LogP contribution is 2.42. The van der Waals surface area contributed by atoms with Crippen molar-refractivity contribution in [2.24, 2.45) is 0 Å². The molecule has 2 aromatic heterocycles. The van der Waals surface area contributed by atoms with E-state index in [0.29, 0.717) is 51.9 Å². The van der Waals surface area contributed by atoms with Crippen LogP contribution in [0.15, 0.2) is 95.9 Å². The van der Waals surface area contributed by atoms with Crippen LogP contribution in [0.2, 0.25) is 0 Å². The third kappa shape index (κ3) is 5.45. The van der Waals surface area contributed by atoms with Gasteiger partial charge in [0.1, 0.15) is 17.3 Å². The van der Waals surface area contributed by atoms with Crippen LogP contribution in [0.3, 0.4) is 0 Å². The number of nitrogens with one attached hydrogen (secondary N) is 1. The van der Waals surface area contributed by atoms with Crippen LogP contribution in [0.1, 0.15) is 36.9 Å². The van der Waals surface area contributed by atoms with Crippen LogP contribution in [0, 0.1) is 12.7 Å². The number of hydrogen-bond donors (Lipinski definition) is 1. The number of carbonyl (C=O) groups excluding carboxylic acids is 2. The topological polar surface area (TPSA) is 99.7 Å². The molecule has 46 heavy (non-hydrogen) atoms. The van der Waals surface area contributed by atoms with E-state index in [2.05, 4.69) is 5.32 Å². The highest BCUT2D eigenvalue weighted by Gasteiger charge is 2.30. The minimum Gasteiger partial charge on any atom is -0.351 e. The number of aryl methyl sites for hydroxylation is 1. The van der Waals surface area contributed by atoms with Gasteiger partial charge in [-0.1, -0.05) is 54.6 Å². The lowest BCUT2D eigenvalue weighted by Gasteiger charge is -2.25. The summed E-state index contributed by atoms with van der Waals surface area (Å²) in [4.78, 5) is 37.3. The van der Waals surface area contributed by atoms with E-state index in [-0.39, 0.29) is 35.5 Å². The first kappa shape index (κ1) is 29.8. The lowest BCUT2D eigenvalue weighted by Crippen LogP contribution is -2.34. The van der Waals surface area contributed by atoms with Gasteiger partial charge >= 0.3 is 0 Å². The maximum absolute atomic E-state index is 14.4. The molecule has 0 bridgehead atoms. The maximum atomic E-state index is 14.4. The summed E-state index contributed by atoms with van der Waals surface area (Å²) in [7, 11) is -3.43. The molecule has 0 atom stereocenters. The molecule has 2 aliphatic heterocycles. The van der Waals surface area contributed by atoms with Gasteiger partial charge in [0.15, 0.2) is 9.84 Å². The Bertz CT molecular complexity index is 2110. The largest absolute Gasteiger partial charge is 0.351 e. The molecular formula is C35H29FN4O4S2. The summed E-state index contributed by atoms with van der Waals surface area (Å²) in [5.41, 5.74) is 4.19. The standard InChI is InChI=1S/C35H29FN4O4S2/c1-22-8-6-11-26(36)32(22)38-34(41)29-20-23-16-17-40(28-13-4-3-10-25(28)33(23)45-29)35(42)27-12-7-15-31(37-27)39-18-19-46(43,44)30-14-5-2-9-24(30)21-39/h2-15,20H,16-19,21H2,1H3,(H,38,41). The van der Waals surface area contributed by atoms with Gasteiger partial charge in [0.05, 0.1) is 26.9 Å². The molecule has 0 saturated heterocycles. The van der Waals surface area contributed by atoms with Gasteiger partial charge in [0, 0.05) is 30.1 Å². The Morgan fingerprint density at radius 3 is 2.54 bits per heavy atom. The van der Waals surface area contributed by atoms with Gasteiger partial charge in [-0.05, 0) is 66.4 Å².